The molecule has 0 aliphatic heterocycles. The predicted octanol–water partition coefficient (Wildman–Crippen LogP) is 4.58. The van der Waals surface area contributed by atoms with Crippen LogP contribution >= 0.6 is 11.6 Å². The average molecular weight is 435 g/mol. The minimum atomic E-state index is -0.652. The van der Waals surface area contributed by atoms with E-state index in [1.807, 2.05) is 79.7 Å². The van der Waals surface area contributed by atoms with Crippen LogP contribution in [0.1, 0.15) is 22.3 Å². The molecule has 0 aliphatic carbocycles. The quantitative estimate of drug-likeness (QED) is 0.564. The fraction of sp³-hybridized carbons (Fsp3) is 0.231. The predicted molar refractivity (Wildman–Crippen MR) is 125 cm³/mol. The molecule has 0 unspecified atom stereocenters. The summed E-state index contributed by atoms with van der Waals surface area (Å²) in [6, 6.07) is 24.4. The number of halogens is 1. The molecule has 0 radical (unpaired) electrons. The van der Waals surface area contributed by atoms with Gasteiger partial charge in [0, 0.05) is 25.0 Å². The maximum Gasteiger partial charge on any atom is 0.242 e. The lowest BCUT2D eigenvalue weighted by Gasteiger charge is -2.31. The topological polar surface area (TPSA) is 49.4 Å². The molecule has 31 heavy (non-hydrogen) atoms. The third-order valence-corrected chi connectivity index (χ3v) is 5.62. The summed E-state index contributed by atoms with van der Waals surface area (Å²) >= 11 is 6.39. The van der Waals surface area contributed by atoms with Gasteiger partial charge >= 0.3 is 0 Å². The summed E-state index contributed by atoms with van der Waals surface area (Å²) in [6.45, 7) is 2.26. The van der Waals surface area contributed by atoms with E-state index in [1.165, 1.54) is 0 Å². The molecule has 0 bridgehead atoms. The van der Waals surface area contributed by atoms with Crippen molar-refractivity contribution >= 4 is 23.4 Å². The summed E-state index contributed by atoms with van der Waals surface area (Å²) in [6.07, 6.45) is 0.638. The van der Waals surface area contributed by atoms with Gasteiger partial charge < -0.3 is 10.2 Å². The van der Waals surface area contributed by atoms with E-state index >= 15 is 0 Å². The lowest BCUT2D eigenvalue weighted by molar-refractivity contribution is -0.140. The zero-order valence-corrected chi connectivity index (χ0v) is 18.6. The van der Waals surface area contributed by atoms with Crippen molar-refractivity contribution < 1.29 is 9.59 Å². The van der Waals surface area contributed by atoms with Crippen LogP contribution in [-0.2, 0) is 29.0 Å². The monoisotopic (exact) mass is 434 g/mol. The third kappa shape index (κ3) is 6.19. The van der Waals surface area contributed by atoms with Gasteiger partial charge in [0.2, 0.25) is 11.8 Å². The van der Waals surface area contributed by atoms with E-state index in [2.05, 4.69) is 5.32 Å². The Morgan fingerprint density at radius 1 is 0.935 bits per heavy atom. The zero-order chi connectivity index (χ0) is 22.2. The van der Waals surface area contributed by atoms with Crippen LogP contribution < -0.4 is 5.32 Å². The molecule has 160 valence electrons. The highest BCUT2D eigenvalue weighted by molar-refractivity contribution is 6.31. The summed E-state index contributed by atoms with van der Waals surface area (Å²) in [4.78, 5) is 28.0. The maximum atomic E-state index is 13.5. The van der Waals surface area contributed by atoms with E-state index in [0.717, 1.165) is 22.3 Å². The van der Waals surface area contributed by atoms with Gasteiger partial charge in [0.05, 0.1) is 6.42 Å². The first-order valence-corrected chi connectivity index (χ1v) is 10.7. The van der Waals surface area contributed by atoms with E-state index in [0.29, 0.717) is 11.4 Å². The molecule has 0 heterocycles. The molecule has 0 spiro atoms. The van der Waals surface area contributed by atoms with Crippen LogP contribution in [0.25, 0.3) is 0 Å². The molecule has 1 atom stereocenters. The summed E-state index contributed by atoms with van der Waals surface area (Å²) in [5, 5.41) is 3.30. The molecule has 0 aromatic heterocycles. The molecular weight excluding hydrogens is 408 g/mol. The Bertz CT molecular complexity index is 1040. The van der Waals surface area contributed by atoms with Gasteiger partial charge in [-0.05, 0) is 29.7 Å². The number of hydrogen-bond acceptors (Lipinski definition) is 2. The first-order chi connectivity index (χ1) is 15.0. The fourth-order valence-corrected chi connectivity index (χ4v) is 3.82. The summed E-state index contributed by atoms with van der Waals surface area (Å²) in [7, 11) is 1.60. The number of rotatable bonds is 8. The number of benzene rings is 3. The van der Waals surface area contributed by atoms with Gasteiger partial charge in [-0.2, -0.15) is 0 Å². The van der Waals surface area contributed by atoms with Crippen molar-refractivity contribution in [1.29, 1.82) is 0 Å². The minimum absolute atomic E-state index is 0.116. The first-order valence-electron chi connectivity index (χ1n) is 10.3. The molecule has 3 aromatic carbocycles. The van der Waals surface area contributed by atoms with Gasteiger partial charge in [-0.1, -0.05) is 90.0 Å². The lowest BCUT2D eigenvalue weighted by atomic mass is 10.0. The van der Waals surface area contributed by atoms with E-state index in [4.69, 9.17) is 11.6 Å². The molecule has 5 heteroatoms. The number of nitrogens with one attached hydrogen (secondary N) is 1. The van der Waals surface area contributed by atoms with Crippen LogP contribution in [-0.4, -0.2) is 29.8 Å². The SMILES string of the molecule is CNC(=O)[C@@H](Cc1ccccc1)N(Cc1ccccc1Cl)C(=O)Cc1cccc(C)c1. The average Bonchev–Trinajstić information content (AvgIpc) is 2.77. The van der Waals surface area contributed by atoms with Crippen LogP contribution in [0.5, 0.6) is 0 Å². The number of carbonyl (C=O) groups is 2. The van der Waals surface area contributed by atoms with Crippen LogP contribution in [0, 0.1) is 6.92 Å². The summed E-state index contributed by atoms with van der Waals surface area (Å²) < 4.78 is 0. The van der Waals surface area contributed by atoms with Crippen molar-refractivity contribution in [3.63, 3.8) is 0 Å². The maximum absolute atomic E-state index is 13.5. The Morgan fingerprint density at radius 2 is 1.61 bits per heavy atom. The van der Waals surface area contributed by atoms with Gasteiger partial charge in [0.1, 0.15) is 6.04 Å². The van der Waals surface area contributed by atoms with Crippen LogP contribution in [0.3, 0.4) is 0 Å². The second-order valence-corrected chi connectivity index (χ2v) is 8.01. The Balaban J connectivity index is 1.95. The van der Waals surface area contributed by atoms with Crippen molar-refractivity contribution in [2.45, 2.75) is 32.4 Å². The highest BCUT2D eigenvalue weighted by Gasteiger charge is 2.30. The normalized spacial score (nSPS) is 11.6. The Hall–Kier alpha value is -3.11. The van der Waals surface area contributed by atoms with E-state index in [1.54, 1.807) is 18.0 Å². The van der Waals surface area contributed by atoms with Crippen LogP contribution in [0.2, 0.25) is 5.02 Å². The molecule has 0 aliphatic rings. The Kier molecular flexibility index (Phi) is 7.85. The van der Waals surface area contributed by atoms with Gasteiger partial charge in [0.25, 0.3) is 0 Å². The van der Waals surface area contributed by atoms with Gasteiger partial charge in [-0.15, -0.1) is 0 Å². The largest absolute Gasteiger partial charge is 0.357 e. The van der Waals surface area contributed by atoms with Crippen molar-refractivity contribution in [1.82, 2.24) is 10.2 Å². The first kappa shape index (κ1) is 22.6. The summed E-state index contributed by atoms with van der Waals surface area (Å²) in [5.74, 6) is -0.316. The second kappa shape index (κ2) is 10.8. The Labute approximate surface area is 188 Å². The standard InChI is InChI=1S/C26H27ClN2O2/c1-19-9-8-12-21(15-19)17-25(30)29(18-22-13-6-7-14-23(22)27)24(26(31)28-2)16-20-10-4-3-5-11-20/h3-15,24H,16-18H2,1-2H3,(H,28,31)/t24-/m1/s1. The number of nitrogens with zero attached hydrogens (tertiary/aromatic N) is 1. The lowest BCUT2D eigenvalue weighted by Crippen LogP contribution is -2.50. The number of amides is 2. The van der Waals surface area contributed by atoms with Gasteiger partial charge in [0.15, 0.2) is 0 Å². The van der Waals surface area contributed by atoms with E-state index in [-0.39, 0.29) is 24.8 Å². The number of aryl methyl sites for hydroxylation is 1. The Morgan fingerprint density at radius 3 is 2.29 bits per heavy atom. The van der Waals surface area contributed by atoms with Crippen molar-refractivity contribution in [3.8, 4) is 0 Å². The van der Waals surface area contributed by atoms with Crippen molar-refractivity contribution in [2.24, 2.45) is 0 Å². The number of carbonyl (C=O) groups excluding carboxylic acids is 2. The molecule has 0 fully saturated rings. The number of likely N-dealkylation sites (N-methyl/N-ethyl adjacent to an activating group) is 1. The molecule has 1 N–H and O–H groups in total. The zero-order valence-electron chi connectivity index (χ0n) is 17.8. The molecule has 3 rings (SSSR count). The van der Waals surface area contributed by atoms with Crippen molar-refractivity contribution in [3.05, 3.63) is 106 Å². The molecule has 3 aromatic rings. The summed E-state index contributed by atoms with van der Waals surface area (Å²) in [5.41, 5.74) is 3.81. The highest BCUT2D eigenvalue weighted by Crippen LogP contribution is 2.21. The highest BCUT2D eigenvalue weighted by atomic mass is 35.5. The molecular formula is C26H27ClN2O2. The minimum Gasteiger partial charge on any atom is -0.357 e. The fourth-order valence-electron chi connectivity index (χ4n) is 3.63. The third-order valence-electron chi connectivity index (χ3n) is 5.25. The number of hydrogen-bond donors (Lipinski definition) is 1. The van der Waals surface area contributed by atoms with Gasteiger partial charge in [-0.3, -0.25) is 9.59 Å². The van der Waals surface area contributed by atoms with Gasteiger partial charge in [-0.25, -0.2) is 0 Å². The van der Waals surface area contributed by atoms with Crippen LogP contribution in [0.4, 0.5) is 0 Å². The van der Waals surface area contributed by atoms with Crippen molar-refractivity contribution in [2.75, 3.05) is 7.05 Å². The second-order valence-electron chi connectivity index (χ2n) is 7.60. The van der Waals surface area contributed by atoms with E-state index in [9.17, 15) is 9.59 Å². The van der Waals surface area contributed by atoms with E-state index < -0.39 is 6.04 Å². The molecule has 2 amide bonds. The smallest absolute Gasteiger partial charge is 0.242 e. The van der Waals surface area contributed by atoms with Crippen LogP contribution in [0.15, 0.2) is 78.9 Å². The molecule has 0 saturated carbocycles. The molecule has 0 saturated heterocycles. The molecule has 4 nitrogen and oxygen atoms in total.